The summed E-state index contributed by atoms with van der Waals surface area (Å²) < 4.78 is 10.5. The first kappa shape index (κ1) is 24.0. The molecule has 2 atom stereocenters. The molecule has 0 radical (unpaired) electrons. The molecule has 2 aromatic rings. The molecule has 1 aliphatic carbocycles. The van der Waals surface area contributed by atoms with E-state index < -0.39 is 30.1 Å². The highest BCUT2D eigenvalue weighted by atomic mass is 16.5. The van der Waals surface area contributed by atoms with Gasteiger partial charge in [0.25, 0.3) is 0 Å². The van der Waals surface area contributed by atoms with E-state index in [0.29, 0.717) is 6.42 Å². The van der Waals surface area contributed by atoms with E-state index in [1.807, 2.05) is 48.5 Å². The van der Waals surface area contributed by atoms with E-state index in [0.717, 1.165) is 22.3 Å². The van der Waals surface area contributed by atoms with Gasteiger partial charge >= 0.3 is 12.1 Å². The van der Waals surface area contributed by atoms with Crippen LogP contribution in [-0.2, 0) is 19.1 Å². The lowest BCUT2D eigenvalue weighted by molar-refractivity contribution is -0.142. The van der Waals surface area contributed by atoms with E-state index in [-0.39, 0.29) is 25.6 Å². The van der Waals surface area contributed by atoms with Gasteiger partial charge in [0.15, 0.2) is 0 Å². The Balaban J connectivity index is 1.63. The van der Waals surface area contributed by atoms with Gasteiger partial charge in [-0.1, -0.05) is 54.6 Å². The molecule has 174 valence electrons. The summed E-state index contributed by atoms with van der Waals surface area (Å²) in [7, 11) is 1.38. The fourth-order valence-electron chi connectivity index (χ4n) is 3.95. The Bertz CT molecular complexity index is 976. The standard InChI is InChI=1S/C25H28N2O6/c1-3-4-13-21(24(29)30)26-23(28)22(15-32-2)27-25(31)33-14-20-18-11-7-5-9-16(18)17-10-6-8-12-19(17)20/h3,5-12,20-22H,1,4,13-15H2,2H3,(H,26,28)(H,27,31)(H,29,30). The minimum absolute atomic E-state index is 0.0955. The Morgan fingerprint density at radius 2 is 1.64 bits per heavy atom. The molecule has 8 heteroatoms. The van der Waals surface area contributed by atoms with Crippen LogP contribution in [0.3, 0.4) is 0 Å². The van der Waals surface area contributed by atoms with Gasteiger partial charge < -0.3 is 25.2 Å². The maximum Gasteiger partial charge on any atom is 0.407 e. The van der Waals surface area contributed by atoms with Crippen LogP contribution in [0.2, 0.25) is 0 Å². The number of methoxy groups -OCH3 is 1. The lowest BCUT2D eigenvalue weighted by atomic mass is 9.98. The first-order valence-electron chi connectivity index (χ1n) is 10.7. The zero-order chi connectivity index (χ0) is 23.8. The molecule has 2 amide bonds. The van der Waals surface area contributed by atoms with E-state index in [1.165, 1.54) is 7.11 Å². The van der Waals surface area contributed by atoms with Crippen LogP contribution >= 0.6 is 0 Å². The average Bonchev–Trinajstić information content (AvgIpc) is 3.13. The quantitative estimate of drug-likeness (QED) is 0.452. The number of hydrogen-bond acceptors (Lipinski definition) is 5. The fourth-order valence-corrected chi connectivity index (χ4v) is 3.95. The predicted molar refractivity (Wildman–Crippen MR) is 123 cm³/mol. The number of benzene rings is 2. The minimum Gasteiger partial charge on any atom is -0.480 e. The van der Waals surface area contributed by atoms with Gasteiger partial charge in [0.2, 0.25) is 5.91 Å². The van der Waals surface area contributed by atoms with Gasteiger partial charge in [0, 0.05) is 13.0 Å². The number of rotatable bonds is 11. The number of amides is 2. The highest BCUT2D eigenvalue weighted by Gasteiger charge is 2.30. The third-order valence-electron chi connectivity index (χ3n) is 5.56. The molecule has 0 fully saturated rings. The number of allylic oxidation sites excluding steroid dienone is 1. The molecular formula is C25H28N2O6. The molecule has 2 unspecified atom stereocenters. The van der Waals surface area contributed by atoms with Gasteiger partial charge in [0.1, 0.15) is 18.7 Å². The van der Waals surface area contributed by atoms with Crippen LogP contribution in [0.5, 0.6) is 0 Å². The molecule has 0 saturated heterocycles. The molecule has 3 rings (SSSR count). The molecule has 2 aromatic carbocycles. The van der Waals surface area contributed by atoms with Crippen molar-refractivity contribution < 1.29 is 29.0 Å². The monoisotopic (exact) mass is 452 g/mol. The Kier molecular flexibility index (Phi) is 8.21. The van der Waals surface area contributed by atoms with Crippen LogP contribution < -0.4 is 10.6 Å². The lowest BCUT2D eigenvalue weighted by Gasteiger charge is -2.21. The molecule has 3 N–H and O–H groups in total. The number of nitrogens with one attached hydrogen (secondary N) is 2. The van der Waals surface area contributed by atoms with Crippen molar-refractivity contribution in [1.29, 1.82) is 0 Å². The lowest BCUT2D eigenvalue weighted by Crippen LogP contribution is -2.53. The second-order valence-electron chi connectivity index (χ2n) is 7.74. The van der Waals surface area contributed by atoms with Crippen LogP contribution in [0.25, 0.3) is 11.1 Å². The Morgan fingerprint density at radius 1 is 1.03 bits per heavy atom. The maximum atomic E-state index is 12.6. The summed E-state index contributed by atoms with van der Waals surface area (Å²) in [5, 5.41) is 14.2. The molecule has 1 aliphatic rings. The summed E-state index contributed by atoms with van der Waals surface area (Å²) >= 11 is 0. The van der Waals surface area contributed by atoms with Crippen molar-refractivity contribution in [2.45, 2.75) is 30.8 Å². The summed E-state index contributed by atoms with van der Waals surface area (Å²) in [6.07, 6.45) is 1.40. The van der Waals surface area contributed by atoms with Crippen molar-refractivity contribution in [3.63, 3.8) is 0 Å². The number of carboxylic acids is 1. The van der Waals surface area contributed by atoms with Gasteiger partial charge in [-0.25, -0.2) is 9.59 Å². The summed E-state index contributed by atoms with van der Waals surface area (Å²) in [6.45, 7) is 3.52. The van der Waals surface area contributed by atoms with Crippen LogP contribution in [0, 0.1) is 0 Å². The molecule has 0 aromatic heterocycles. The molecular weight excluding hydrogens is 424 g/mol. The zero-order valence-corrected chi connectivity index (χ0v) is 18.5. The van der Waals surface area contributed by atoms with Crippen LogP contribution in [0.4, 0.5) is 4.79 Å². The van der Waals surface area contributed by atoms with Crippen LogP contribution in [0.1, 0.15) is 29.9 Å². The third-order valence-corrected chi connectivity index (χ3v) is 5.56. The van der Waals surface area contributed by atoms with E-state index in [2.05, 4.69) is 17.2 Å². The number of carbonyl (C=O) groups excluding carboxylic acids is 2. The van der Waals surface area contributed by atoms with Crippen molar-refractivity contribution in [3.8, 4) is 11.1 Å². The topological polar surface area (TPSA) is 114 Å². The SMILES string of the molecule is C=CCCC(NC(=O)C(COC)NC(=O)OCC1c2ccccc2-c2ccccc21)C(=O)O. The van der Waals surface area contributed by atoms with Crippen LogP contribution in [0.15, 0.2) is 61.2 Å². The second-order valence-corrected chi connectivity index (χ2v) is 7.74. The van der Waals surface area contributed by atoms with Crippen molar-refractivity contribution in [1.82, 2.24) is 10.6 Å². The first-order chi connectivity index (χ1) is 16.0. The molecule has 0 saturated carbocycles. The molecule has 0 aliphatic heterocycles. The van der Waals surface area contributed by atoms with Gasteiger partial charge in [0.05, 0.1) is 6.61 Å². The molecule has 0 heterocycles. The maximum absolute atomic E-state index is 12.6. The predicted octanol–water partition coefficient (Wildman–Crippen LogP) is 3.08. The minimum atomic E-state index is -1.16. The summed E-state index contributed by atoms with van der Waals surface area (Å²) in [4.78, 5) is 36.5. The van der Waals surface area contributed by atoms with Gasteiger partial charge in [-0.3, -0.25) is 4.79 Å². The largest absolute Gasteiger partial charge is 0.480 e. The van der Waals surface area contributed by atoms with Crippen molar-refractivity contribution in [3.05, 3.63) is 72.3 Å². The van der Waals surface area contributed by atoms with Gasteiger partial charge in [-0.2, -0.15) is 0 Å². The van der Waals surface area contributed by atoms with E-state index in [9.17, 15) is 19.5 Å². The van der Waals surface area contributed by atoms with E-state index >= 15 is 0 Å². The number of alkyl carbamates (subject to hydrolysis) is 1. The molecule has 0 bridgehead atoms. The van der Waals surface area contributed by atoms with Crippen molar-refractivity contribution in [2.75, 3.05) is 20.3 Å². The first-order valence-corrected chi connectivity index (χ1v) is 10.7. The number of carboxylic acid groups (broad SMARTS) is 1. The number of carbonyl (C=O) groups is 3. The number of ether oxygens (including phenoxy) is 2. The Hall–Kier alpha value is -3.65. The summed E-state index contributed by atoms with van der Waals surface area (Å²) in [6, 6.07) is 13.7. The third kappa shape index (κ3) is 5.78. The van der Waals surface area contributed by atoms with E-state index in [1.54, 1.807) is 6.08 Å². The molecule has 8 nitrogen and oxygen atoms in total. The van der Waals surface area contributed by atoms with Crippen molar-refractivity contribution >= 4 is 18.0 Å². The second kappa shape index (κ2) is 11.3. The van der Waals surface area contributed by atoms with Crippen molar-refractivity contribution in [2.24, 2.45) is 0 Å². The average molecular weight is 453 g/mol. The van der Waals surface area contributed by atoms with Gasteiger partial charge in [-0.05, 0) is 35.1 Å². The number of hydrogen-bond donors (Lipinski definition) is 3. The zero-order valence-electron chi connectivity index (χ0n) is 18.5. The van der Waals surface area contributed by atoms with E-state index in [4.69, 9.17) is 9.47 Å². The number of aliphatic carboxylic acids is 1. The highest BCUT2D eigenvalue weighted by Crippen LogP contribution is 2.44. The highest BCUT2D eigenvalue weighted by molar-refractivity contribution is 5.89. The molecule has 0 spiro atoms. The van der Waals surface area contributed by atoms with Crippen LogP contribution in [-0.4, -0.2) is 55.5 Å². The number of fused-ring (bicyclic) bond motifs is 3. The van der Waals surface area contributed by atoms with Gasteiger partial charge in [-0.15, -0.1) is 6.58 Å². The normalized spacial score (nSPS) is 13.8. The Morgan fingerprint density at radius 3 is 2.18 bits per heavy atom. The Labute approximate surface area is 192 Å². The molecule has 33 heavy (non-hydrogen) atoms. The summed E-state index contributed by atoms with van der Waals surface area (Å²) in [5.41, 5.74) is 4.37. The smallest absolute Gasteiger partial charge is 0.407 e. The fraction of sp³-hybridized carbons (Fsp3) is 0.320. The summed E-state index contributed by atoms with van der Waals surface area (Å²) in [5.74, 6) is -1.95.